The highest BCUT2D eigenvalue weighted by molar-refractivity contribution is 5.82. The summed E-state index contributed by atoms with van der Waals surface area (Å²) in [5, 5.41) is 9.01. The van der Waals surface area contributed by atoms with E-state index in [-0.39, 0.29) is 19.1 Å². The summed E-state index contributed by atoms with van der Waals surface area (Å²) in [7, 11) is 0. The molecule has 22 heavy (non-hydrogen) atoms. The average molecular weight is 307 g/mol. The Morgan fingerprint density at radius 3 is 2.82 bits per heavy atom. The Labute approximate surface area is 129 Å². The van der Waals surface area contributed by atoms with Gasteiger partial charge in [0.05, 0.1) is 13.2 Å². The zero-order valence-corrected chi connectivity index (χ0v) is 12.8. The number of carboxylic acid groups (broad SMARTS) is 1. The minimum atomic E-state index is -1.05. The van der Waals surface area contributed by atoms with Gasteiger partial charge in [-0.05, 0) is 25.0 Å². The Morgan fingerprint density at radius 2 is 2.18 bits per heavy atom. The Bertz CT molecular complexity index is 545. The predicted octanol–water partition coefficient (Wildman–Crippen LogP) is 1.46. The molecule has 1 fully saturated rings. The van der Waals surface area contributed by atoms with E-state index >= 15 is 0 Å². The molecule has 0 unspecified atom stereocenters. The van der Waals surface area contributed by atoms with Gasteiger partial charge in [-0.2, -0.15) is 0 Å². The molecule has 1 N–H and O–H groups in total. The summed E-state index contributed by atoms with van der Waals surface area (Å²) in [6, 6.07) is 7.51. The predicted molar refractivity (Wildman–Crippen MR) is 79.8 cm³/mol. The summed E-state index contributed by atoms with van der Waals surface area (Å²) in [5.41, 5.74) is 0.958. The SMILES string of the molecule is CC[C@@H](Oc1ccccc1C)C(=O)N1CCO[C@@H](C(=O)O)C1. The molecule has 0 aliphatic carbocycles. The van der Waals surface area contributed by atoms with Gasteiger partial charge in [-0.25, -0.2) is 4.79 Å². The van der Waals surface area contributed by atoms with Crippen molar-refractivity contribution in [3.05, 3.63) is 29.8 Å². The molecule has 1 aromatic carbocycles. The topological polar surface area (TPSA) is 76.1 Å². The molecular formula is C16H21NO5. The first-order valence-corrected chi connectivity index (χ1v) is 7.38. The van der Waals surface area contributed by atoms with Crippen LogP contribution < -0.4 is 4.74 Å². The van der Waals surface area contributed by atoms with Crippen LogP contribution in [0.4, 0.5) is 0 Å². The van der Waals surface area contributed by atoms with Crippen LogP contribution in [0.3, 0.4) is 0 Å². The van der Waals surface area contributed by atoms with Crippen LogP contribution in [0.5, 0.6) is 5.75 Å². The van der Waals surface area contributed by atoms with E-state index in [0.717, 1.165) is 5.56 Å². The number of carbonyl (C=O) groups excluding carboxylic acids is 1. The van der Waals surface area contributed by atoms with Gasteiger partial charge in [0.25, 0.3) is 5.91 Å². The van der Waals surface area contributed by atoms with E-state index in [4.69, 9.17) is 14.6 Å². The molecule has 1 amide bonds. The molecular weight excluding hydrogens is 286 g/mol. The highest BCUT2D eigenvalue weighted by atomic mass is 16.5. The van der Waals surface area contributed by atoms with Gasteiger partial charge in [-0.3, -0.25) is 4.79 Å². The summed E-state index contributed by atoms with van der Waals surface area (Å²) in [4.78, 5) is 25.1. The van der Waals surface area contributed by atoms with Gasteiger partial charge in [-0.15, -0.1) is 0 Å². The highest BCUT2D eigenvalue weighted by Crippen LogP contribution is 2.20. The number of para-hydroxylation sites is 1. The number of ether oxygens (including phenoxy) is 2. The van der Waals surface area contributed by atoms with Gasteiger partial charge in [0.2, 0.25) is 0 Å². The van der Waals surface area contributed by atoms with Crippen LogP contribution in [0, 0.1) is 6.92 Å². The second kappa shape index (κ2) is 7.26. The van der Waals surface area contributed by atoms with Crippen LogP contribution in [0.1, 0.15) is 18.9 Å². The largest absolute Gasteiger partial charge is 0.480 e. The van der Waals surface area contributed by atoms with E-state index in [2.05, 4.69) is 0 Å². The molecule has 1 aliphatic rings. The molecule has 0 saturated carbocycles. The molecule has 0 bridgehead atoms. The van der Waals surface area contributed by atoms with Crippen LogP contribution in [0.2, 0.25) is 0 Å². The van der Waals surface area contributed by atoms with Crippen molar-refractivity contribution >= 4 is 11.9 Å². The van der Waals surface area contributed by atoms with Crippen molar-refractivity contribution in [3.63, 3.8) is 0 Å². The smallest absolute Gasteiger partial charge is 0.334 e. The maximum atomic E-state index is 12.6. The summed E-state index contributed by atoms with van der Waals surface area (Å²) < 4.78 is 11.0. The summed E-state index contributed by atoms with van der Waals surface area (Å²) in [6.07, 6.45) is -1.07. The number of amides is 1. The first-order chi connectivity index (χ1) is 10.5. The molecule has 0 aromatic heterocycles. The van der Waals surface area contributed by atoms with Crippen molar-refractivity contribution in [1.29, 1.82) is 0 Å². The summed E-state index contributed by atoms with van der Waals surface area (Å²) >= 11 is 0. The monoisotopic (exact) mass is 307 g/mol. The quantitative estimate of drug-likeness (QED) is 0.891. The van der Waals surface area contributed by atoms with Crippen molar-refractivity contribution in [2.24, 2.45) is 0 Å². The standard InChI is InChI=1S/C16H21NO5/c1-3-12(22-13-7-5-4-6-11(13)2)15(18)17-8-9-21-14(10-17)16(19)20/h4-7,12,14H,3,8-10H2,1-2H3,(H,19,20)/t12-,14-/m1/s1. The van der Waals surface area contributed by atoms with Crippen molar-refractivity contribution in [3.8, 4) is 5.75 Å². The van der Waals surface area contributed by atoms with E-state index in [9.17, 15) is 9.59 Å². The van der Waals surface area contributed by atoms with Gasteiger partial charge >= 0.3 is 5.97 Å². The number of morpholine rings is 1. The van der Waals surface area contributed by atoms with Gasteiger partial charge < -0.3 is 19.5 Å². The molecule has 2 atom stereocenters. The molecule has 6 heteroatoms. The second-order valence-electron chi connectivity index (χ2n) is 5.26. The third kappa shape index (κ3) is 3.76. The number of aryl methyl sites for hydroxylation is 1. The first kappa shape index (κ1) is 16.3. The number of rotatable bonds is 5. The molecule has 1 heterocycles. The number of nitrogens with zero attached hydrogens (tertiary/aromatic N) is 1. The van der Waals surface area contributed by atoms with Crippen LogP contribution >= 0.6 is 0 Å². The van der Waals surface area contributed by atoms with Gasteiger partial charge in [0.15, 0.2) is 12.2 Å². The van der Waals surface area contributed by atoms with E-state index in [1.807, 2.05) is 38.1 Å². The number of carboxylic acids is 1. The van der Waals surface area contributed by atoms with Gasteiger partial charge in [-0.1, -0.05) is 25.1 Å². The van der Waals surface area contributed by atoms with Crippen LogP contribution in [0.15, 0.2) is 24.3 Å². The number of benzene rings is 1. The lowest BCUT2D eigenvalue weighted by Gasteiger charge is -2.33. The van der Waals surface area contributed by atoms with E-state index < -0.39 is 18.2 Å². The molecule has 120 valence electrons. The third-order valence-electron chi connectivity index (χ3n) is 3.66. The minimum Gasteiger partial charge on any atom is -0.480 e. The molecule has 1 aromatic rings. The third-order valence-corrected chi connectivity index (χ3v) is 3.66. The van der Waals surface area contributed by atoms with Gasteiger partial charge in [0, 0.05) is 6.54 Å². The normalized spacial score (nSPS) is 19.5. The van der Waals surface area contributed by atoms with E-state index in [1.54, 1.807) is 0 Å². The van der Waals surface area contributed by atoms with Crippen molar-refractivity contribution in [2.75, 3.05) is 19.7 Å². The fourth-order valence-electron chi connectivity index (χ4n) is 2.35. The Hall–Kier alpha value is -2.08. The van der Waals surface area contributed by atoms with Crippen LogP contribution in [0.25, 0.3) is 0 Å². The molecule has 1 aliphatic heterocycles. The Kier molecular flexibility index (Phi) is 5.38. The summed E-state index contributed by atoms with van der Waals surface area (Å²) in [6.45, 7) is 4.46. The van der Waals surface area contributed by atoms with Gasteiger partial charge in [0.1, 0.15) is 5.75 Å². The number of hydrogen-bond donors (Lipinski definition) is 1. The molecule has 0 radical (unpaired) electrons. The van der Waals surface area contributed by atoms with E-state index in [1.165, 1.54) is 4.90 Å². The fourth-order valence-corrected chi connectivity index (χ4v) is 2.35. The Balaban J connectivity index is 2.05. The van der Waals surface area contributed by atoms with E-state index in [0.29, 0.717) is 18.7 Å². The molecule has 0 spiro atoms. The first-order valence-electron chi connectivity index (χ1n) is 7.38. The molecule has 6 nitrogen and oxygen atoms in total. The Morgan fingerprint density at radius 1 is 1.45 bits per heavy atom. The molecule has 1 saturated heterocycles. The molecule has 2 rings (SSSR count). The van der Waals surface area contributed by atoms with Crippen molar-refractivity contribution in [1.82, 2.24) is 4.90 Å². The summed E-state index contributed by atoms with van der Waals surface area (Å²) in [5.74, 6) is -0.573. The zero-order valence-electron chi connectivity index (χ0n) is 12.8. The van der Waals surface area contributed by atoms with Crippen molar-refractivity contribution < 1.29 is 24.2 Å². The van der Waals surface area contributed by atoms with Crippen LogP contribution in [-0.4, -0.2) is 53.8 Å². The lowest BCUT2D eigenvalue weighted by Crippen LogP contribution is -2.52. The number of hydrogen-bond acceptors (Lipinski definition) is 4. The lowest BCUT2D eigenvalue weighted by molar-refractivity contribution is -0.161. The van der Waals surface area contributed by atoms with Crippen LogP contribution in [-0.2, 0) is 14.3 Å². The number of aliphatic carboxylic acids is 1. The lowest BCUT2D eigenvalue weighted by atomic mass is 10.2. The van der Waals surface area contributed by atoms with Crippen molar-refractivity contribution in [2.45, 2.75) is 32.5 Å². The number of carbonyl (C=O) groups is 2. The second-order valence-corrected chi connectivity index (χ2v) is 5.26. The zero-order chi connectivity index (χ0) is 16.1. The minimum absolute atomic E-state index is 0.0573. The highest BCUT2D eigenvalue weighted by Gasteiger charge is 2.32. The maximum absolute atomic E-state index is 12.6. The average Bonchev–Trinajstić information content (AvgIpc) is 2.53. The maximum Gasteiger partial charge on any atom is 0.334 e. The fraction of sp³-hybridized carbons (Fsp3) is 0.500.